The lowest BCUT2D eigenvalue weighted by molar-refractivity contribution is 0.102. The first kappa shape index (κ1) is 15.8. The number of para-hydroxylation sites is 3. The molecule has 26 heavy (non-hydrogen) atoms. The summed E-state index contributed by atoms with van der Waals surface area (Å²) in [6.45, 7) is 0. The quantitative estimate of drug-likeness (QED) is 0.546. The number of amides is 1. The maximum atomic E-state index is 12.9. The molecule has 0 atom stereocenters. The molecular formula is C21H15N3O2. The molecule has 126 valence electrons. The van der Waals surface area contributed by atoms with Crippen molar-refractivity contribution in [2.24, 2.45) is 0 Å². The summed E-state index contributed by atoms with van der Waals surface area (Å²) in [5, 5.41) is 13.4. The van der Waals surface area contributed by atoms with Gasteiger partial charge in [-0.25, -0.2) is 4.98 Å². The van der Waals surface area contributed by atoms with Gasteiger partial charge in [-0.1, -0.05) is 30.3 Å². The molecule has 2 heterocycles. The summed E-state index contributed by atoms with van der Waals surface area (Å²) < 4.78 is 0. The minimum absolute atomic E-state index is 0.0201. The van der Waals surface area contributed by atoms with Gasteiger partial charge in [-0.2, -0.15) is 0 Å². The molecule has 0 unspecified atom stereocenters. The van der Waals surface area contributed by atoms with E-state index in [-0.39, 0.29) is 11.7 Å². The van der Waals surface area contributed by atoms with Gasteiger partial charge in [0.05, 0.1) is 22.5 Å². The summed E-state index contributed by atoms with van der Waals surface area (Å²) in [4.78, 5) is 21.7. The van der Waals surface area contributed by atoms with Gasteiger partial charge in [-0.3, -0.25) is 9.78 Å². The van der Waals surface area contributed by atoms with Gasteiger partial charge in [0, 0.05) is 23.3 Å². The first-order chi connectivity index (χ1) is 12.7. The molecule has 5 heteroatoms. The first-order valence-corrected chi connectivity index (χ1v) is 8.12. The van der Waals surface area contributed by atoms with Crippen LogP contribution < -0.4 is 5.32 Å². The molecule has 0 aliphatic carbocycles. The van der Waals surface area contributed by atoms with E-state index < -0.39 is 0 Å². The summed E-state index contributed by atoms with van der Waals surface area (Å²) in [6.07, 6.45) is 3.40. The van der Waals surface area contributed by atoms with Gasteiger partial charge < -0.3 is 10.4 Å². The minimum Gasteiger partial charge on any atom is -0.506 e. The van der Waals surface area contributed by atoms with Crippen molar-refractivity contribution >= 4 is 22.5 Å². The third-order valence-electron chi connectivity index (χ3n) is 4.07. The zero-order valence-corrected chi connectivity index (χ0v) is 13.8. The highest BCUT2D eigenvalue weighted by Crippen LogP contribution is 2.27. The molecule has 0 saturated carbocycles. The van der Waals surface area contributed by atoms with Crippen LogP contribution in [0.5, 0.6) is 5.75 Å². The van der Waals surface area contributed by atoms with E-state index in [0.717, 1.165) is 16.5 Å². The van der Waals surface area contributed by atoms with E-state index in [9.17, 15) is 9.90 Å². The van der Waals surface area contributed by atoms with Gasteiger partial charge in [0.2, 0.25) is 0 Å². The Morgan fingerprint density at radius 1 is 0.962 bits per heavy atom. The standard InChI is InChI=1S/C21H15N3O2/c25-20-10-4-3-9-18(20)24-21(26)16-12-19(14-6-5-11-22-13-14)23-17-8-2-1-7-15(16)17/h1-13,25H,(H,24,26). The predicted molar refractivity (Wildman–Crippen MR) is 101 cm³/mol. The minimum atomic E-state index is -0.310. The number of carbonyl (C=O) groups excluding carboxylic acids is 1. The number of phenols is 1. The fourth-order valence-corrected chi connectivity index (χ4v) is 2.79. The highest BCUT2D eigenvalue weighted by molar-refractivity contribution is 6.13. The fourth-order valence-electron chi connectivity index (χ4n) is 2.79. The van der Waals surface area contributed by atoms with Crippen LogP contribution in [0.15, 0.2) is 79.1 Å². The van der Waals surface area contributed by atoms with Crippen molar-refractivity contribution in [3.05, 3.63) is 84.7 Å². The third-order valence-corrected chi connectivity index (χ3v) is 4.07. The lowest BCUT2D eigenvalue weighted by atomic mass is 10.0. The summed E-state index contributed by atoms with van der Waals surface area (Å²) in [5.41, 5.74) is 3.06. The van der Waals surface area contributed by atoms with E-state index in [1.165, 1.54) is 6.07 Å². The van der Waals surface area contributed by atoms with E-state index in [2.05, 4.69) is 15.3 Å². The Labute approximate surface area is 150 Å². The summed E-state index contributed by atoms with van der Waals surface area (Å²) in [5.74, 6) is -0.290. The van der Waals surface area contributed by atoms with E-state index in [1.54, 1.807) is 36.7 Å². The number of hydrogen-bond acceptors (Lipinski definition) is 4. The average molecular weight is 341 g/mol. The van der Waals surface area contributed by atoms with Crippen molar-refractivity contribution in [3.63, 3.8) is 0 Å². The van der Waals surface area contributed by atoms with Crippen molar-refractivity contribution in [2.75, 3.05) is 5.32 Å². The van der Waals surface area contributed by atoms with Crippen LogP contribution in [0.2, 0.25) is 0 Å². The largest absolute Gasteiger partial charge is 0.506 e. The molecule has 4 aromatic rings. The van der Waals surface area contributed by atoms with Crippen molar-refractivity contribution in [2.45, 2.75) is 0 Å². The molecule has 1 amide bonds. The molecule has 0 aliphatic rings. The maximum absolute atomic E-state index is 12.9. The molecule has 0 fully saturated rings. The Morgan fingerprint density at radius 2 is 1.77 bits per heavy atom. The molecule has 0 saturated heterocycles. The van der Waals surface area contributed by atoms with Crippen molar-refractivity contribution in [1.82, 2.24) is 9.97 Å². The topological polar surface area (TPSA) is 75.1 Å². The average Bonchev–Trinajstić information content (AvgIpc) is 2.69. The zero-order valence-electron chi connectivity index (χ0n) is 13.8. The smallest absolute Gasteiger partial charge is 0.256 e. The van der Waals surface area contributed by atoms with Gasteiger partial charge in [0.25, 0.3) is 5.91 Å². The normalized spacial score (nSPS) is 10.6. The SMILES string of the molecule is O=C(Nc1ccccc1O)c1cc(-c2cccnc2)nc2ccccc12. The number of carbonyl (C=O) groups is 1. The van der Waals surface area contributed by atoms with Crippen LogP contribution in [0.25, 0.3) is 22.2 Å². The molecule has 0 bridgehead atoms. The number of aromatic nitrogens is 2. The van der Waals surface area contributed by atoms with E-state index in [4.69, 9.17) is 0 Å². The zero-order chi connectivity index (χ0) is 17.9. The van der Waals surface area contributed by atoms with Crippen LogP contribution in [-0.4, -0.2) is 21.0 Å². The molecule has 2 N–H and O–H groups in total. The molecular weight excluding hydrogens is 326 g/mol. The highest BCUT2D eigenvalue weighted by Gasteiger charge is 2.15. The number of anilines is 1. The van der Waals surface area contributed by atoms with Crippen molar-refractivity contribution in [3.8, 4) is 17.0 Å². The second-order valence-electron chi connectivity index (χ2n) is 5.79. The van der Waals surface area contributed by atoms with Crippen LogP contribution in [0, 0.1) is 0 Å². The van der Waals surface area contributed by atoms with Gasteiger partial charge in [-0.05, 0) is 36.4 Å². The van der Waals surface area contributed by atoms with E-state index in [0.29, 0.717) is 16.9 Å². The van der Waals surface area contributed by atoms with E-state index in [1.807, 2.05) is 36.4 Å². The number of fused-ring (bicyclic) bond motifs is 1. The summed E-state index contributed by atoms with van der Waals surface area (Å²) >= 11 is 0. The number of rotatable bonds is 3. The van der Waals surface area contributed by atoms with Crippen molar-refractivity contribution in [1.29, 1.82) is 0 Å². The van der Waals surface area contributed by atoms with Gasteiger partial charge >= 0.3 is 0 Å². The monoisotopic (exact) mass is 341 g/mol. The molecule has 0 radical (unpaired) electrons. The molecule has 2 aromatic carbocycles. The molecule has 0 spiro atoms. The third kappa shape index (κ3) is 2.98. The Morgan fingerprint density at radius 3 is 2.58 bits per heavy atom. The predicted octanol–water partition coefficient (Wildman–Crippen LogP) is 4.25. The number of nitrogens with zero attached hydrogens (tertiary/aromatic N) is 2. The van der Waals surface area contributed by atoms with Gasteiger partial charge in [0.15, 0.2) is 0 Å². The Balaban J connectivity index is 1.83. The Hall–Kier alpha value is -3.73. The summed E-state index contributed by atoms with van der Waals surface area (Å²) in [6, 6.07) is 19.6. The molecule has 0 aliphatic heterocycles. The van der Waals surface area contributed by atoms with Crippen LogP contribution in [0.1, 0.15) is 10.4 Å². The molecule has 2 aromatic heterocycles. The summed E-state index contributed by atoms with van der Waals surface area (Å²) in [7, 11) is 0. The lowest BCUT2D eigenvalue weighted by Crippen LogP contribution is -2.13. The second-order valence-corrected chi connectivity index (χ2v) is 5.79. The lowest BCUT2D eigenvalue weighted by Gasteiger charge is -2.11. The number of aromatic hydroxyl groups is 1. The number of phenolic OH excluding ortho intramolecular Hbond substituents is 1. The highest BCUT2D eigenvalue weighted by atomic mass is 16.3. The van der Waals surface area contributed by atoms with Gasteiger partial charge in [-0.15, -0.1) is 0 Å². The number of pyridine rings is 2. The van der Waals surface area contributed by atoms with Crippen molar-refractivity contribution < 1.29 is 9.90 Å². The number of hydrogen-bond donors (Lipinski definition) is 2. The van der Waals surface area contributed by atoms with Crippen LogP contribution in [0.4, 0.5) is 5.69 Å². The van der Waals surface area contributed by atoms with Crippen LogP contribution >= 0.6 is 0 Å². The Kier molecular flexibility index (Phi) is 4.03. The maximum Gasteiger partial charge on any atom is 0.256 e. The molecule has 5 nitrogen and oxygen atoms in total. The Bertz CT molecular complexity index is 1090. The first-order valence-electron chi connectivity index (χ1n) is 8.12. The fraction of sp³-hybridized carbons (Fsp3) is 0. The number of nitrogens with one attached hydrogen (secondary N) is 1. The second kappa shape index (κ2) is 6.64. The van der Waals surface area contributed by atoms with E-state index >= 15 is 0 Å². The van der Waals surface area contributed by atoms with Crippen LogP contribution in [-0.2, 0) is 0 Å². The number of benzene rings is 2. The van der Waals surface area contributed by atoms with Gasteiger partial charge in [0.1, 0.15) is 5.75 Å². The molecule has 4 rings (SSSR count). The van der Waals surface area contributed by atoms with Crippen LogP contribution in [0.3, 0.4) is 0 Å².